The van der Waals surface area contributed by atoms with Crippen LogP contribution in [-0.4, -0.2) is 22.9 Å². The van der Waals surface area contributed by atoms with Gasteiger partial charge in [0.15, 0.2) is 6.10 Å². The smallest absolute Gasteiger partial charge is 0.279 e. The summed E-state index contributed by atoms with van der Waals surface area (Å²) < 4.78 is 6.43. The van der Waals surface area contributed by atoms with Gasteiger partial charge in [-0.25, -0.2) is 4.98 Å². The van der Waals surface area contributed by atoms with Crippen LogP contribution in [0.25, 0.3) is 0 Å². The van der Waals surface area contributed by atoms with Gasteiger partial charge in [0.25, 0.3) is 11.8 Å². The third-order valence-electron chi connectivity index (χ3n) is 3.75. The summed E-state index contributed by atoms with van der Waals surface area (Å²) >= 11 is 4.72. The minimum atomic E-state index is -0.795. The lowest BCUT2D eigenvalue weighted by Gasteiger charge is -2.15. The van der Waals surface area contributed by atoms with Crippen LogP contribution in [0.15, 0.2) is 87.3 Å². The summed E-state index contributed by atoms with van der Waals surface area (Å²) in [7, 11) is 0. The number of aromatic nitrogens is 1. The molecule has 29 heavy (non-hydrogen) atoms. The van der Waals surface area contributed by atoms with Crippen molar-refractivity contribution in [2.24, 2.45) is 0 Å². The van der Waals surface area contributed by atoms with E-state index in [0.29, 0.717) is 16.3 Å². The maximum atomic E-state index is 12.6. The van der Waals surface area contributed by atoms with Crippen molar-refractivity contribution in [1.82, 2.24) is 15.8 Å². The highest BCUT2D eigenvalue weighted by Crippen LogP contribution is 2.28. The first-order chi connectivity index (χ1) is 14.0. The normalized spacial score (nSPS) is 11.4. The van der Waals surface area contributed by atoms with E-state index in [4.69, 9.17) is 4.74 Å². The fraction of sp³-hybridized carbons (Fsp3) is 0.0952. The molecule has 0 fully saturated rings. The number of carbonyl (C=O) groups is 2. The molecule has 8 heteroatoms. The molecule has 0 saturated carbocycles. The van der Waals surface area contributed by atoms with Crippen LogP contribution in [0, 0.1) is 0 Å². The van der Waals surface area contributed by atoms with Gasteiger partial charge < -0.3 is 4.74 Å². The summed E-state index contributed by atoms with van der Waals surface area (Å²) in [5.74, 6) is -0.388. The SMILES string of the molecule is CC(Oc1cccc(Br)c1)C(=O)NNC(=O)c1cccnc1Sc1ccccc1. The van der Waals surface area contributed by atoms with Crippen molar-refractivity contribution < 1.29 is 14.3 Å². The van der Waals surface area contributed by atoms with E-state index in [2.05, 4.69) is 31.8 Å². The van der Waals surface area contributed by atoms with Gasteiger partial charge >= 0.3 is 0 Å². The maximum Gasteiger partial charge on any atom is 0.279 e. The number of rotatable bonds is 6. The summed E-state index contributed by atoms with van der Waals surface area (Å²) in [6.45, 7) is 1.60. The van der Waals surface area contributed by atoms with E-state index in [1.807, 2.05) is 36.4 Å². The molecule has 1 heterocycles. The number of hydrogen-bond donors (Lipinski definition) is 2. The molecule has 0 aliphatic carbocycles. The zero-order valence-electron chi connectivity index (χ0n) is 15.5. The Kier molecular flexibility index (Phi) is 7.26. The van der Waals surface area contributed by atoms with E-state index in [0.717, 1.165) is 9.37 Å². The lowest BCUT2D eigenvalue weighted by atomic mass is 10.3. The van der Waals surface area contributed by atoms with Crippen LogP contribution < -0.4 is 15.6 Å². The lowest BCUT2D eigenvalue weighted by molar-refractivity contribution is -0.128. The van der Waals surface area contributed by atoms with Gasteiger partial charge in [0.2, 0.25) is 0 Å². The zero-order chi connectivity index (χ0) is 20.6. The Labute approximate surface area is 181 Å². The van der Waals surface area contributed by atoms with E-state index < -0.39 is 17.9 Å². The van der Waals surface area contributed by atoms with Crippen LogP contribution in [0.5, 0.6) is 5.75 Å². The minimum Gasteiger partial charge on any atom is -0.481 e. The van der Waals surface area contributed by atoms with Crippen molar-refractivity contribution in [1.29, 1.82) is 0 Å². The van der Waals surface area contributed by atoms with Gasteiger partial charge in [0.05, 0.1) is 5.56 Å². The quantitative estimate of drug-likeness (QED) is 0.525. The molecule has 0 radical (unpaired) electrons. The molecule has 1 aromatic heterocycles. The second-order valence-corrected chi connectivity index (χ2v) is 7.91. The molecule has 6 nitrogen and oxygen atoms in total. The van der Waals surface area contributed by atoms with Gasteiger partial charge in [-0.1, -0.05) is 52.0 Å². The van der Waals surface area contributed by atoms with E-state index in [9.17, 15) is 9.59 Å². The highest BCUT2D eigenvalue weighted by molar-refractivity contribution is 9.10. The molecule has 0 aliphatic rings. The van der Waals surface area contributed by atoms with Crippen molar-refractivity contribution in [2.45, 2.75) is 22.9 Å². The summed E-state index contributed by atoms with van der Waals surface area (Å²) in [5.41, 5.74) is 5.18. The average molecular weight is 472 g/mol. The second-order valence-electron chi connectivity index (χ2n) is 5.93. The summed E-state index contributed by atoms with van der Waals surface area (Å²) in [6, 6.07) is 20.1. The van der Waals surface area contributed by atoms with E-state index in [1.54, 1.807) is 43.5 Å². The molecule has 2 amide bonds. The van der Waals surface area contributed by atoms with Crippen LogP contribution in [0.1, 0.15) is 17.3 Å². The standard InChI is InChI=1S/C21H18BrN3O3S/c1-14(28-16-8-5-7-15(22)13-16)19(26)24-25-20(27)18-11-6-12-23-21(18)29-17-9-3-2-4-10-17/h2-14H,1H3,(H,24,26)(H,25,27). The van der Waals surface area contributed by atoms with E-state index in [-0.39, 0.29) is 0 Å². The number of amides is 2. The molecule has 2 N–H and O–H groups in total. The van der Waals surface area contributed by atoms with Gasteiger partial charge in [-0.3, -0.25) is 20.4 Å². The Bertz CT molecular complexity index is 1000. The number of benzene rings is 2. The van der Waals surface area contributed by atoms with Gasteiger partial charge in [0, 0.05) is 15.6 Å². The third kappa shape index (κ3) is 6.07. The summed E-state index contributed by atoms with van der Waals surface area (Å²) in [4.78, 5) is 30.1. The summed E-state index contributed by atoms with van der Waals surface area (Å²) in [6.07, 6.45) is 0.825. The predicted molar refractivity (Wildman–Crippen MR) is 115 cm³/mol. The maximum absolute atomic E-state index is 12.6. The topological polar surface area (TPSA) is 80.3 Å². The number of carbonyl (C=O) groups excluding carboxylic acids is 2. The molecule has 0 aliphatic heterocycles. The van der Waals surface area contributed by atoms with E-state index in [1.165, 1.54) is 11.8 Å². The van der Waals surface area contributed by atoms with Crippen LogP contribution in [-0.2, 0) is 4.79 Å². The highest BCUT2D eigenvalue weighted by Gasteiger charge is 2.18. The lowest BCUT2D eigenvalue weighted by Crippen LogP contribution is -2.47. The highest BCUT2D eigenvalue weighted by atomic mass is 79.9. The molecule has 1 unspecified atom stereocenters. The first-order valence-corrected chi connectivity index (χ1v) is 10.3. The molecule has 0 bridgehead atoms. The number of hydrogen-bond acceptors (Lipinski definition) is 5. The molecule has 3 aromatic rings. The van der Waals surface area contributed by atoms with Crippen LogP contribution in [0.2, 0.25) is 0 Å². The number of nitrogens with zero attached hydrogens (tertiary/aromatic N) is 1. The molecule has 0 spiro atoms. The molecular weight excluding hydrogens is 454 g/mol. The number of nitrogens with one attached hydrogen (secondary N) is 2. The van der Waals surface area contributed by atoms with E-state index >= 15 is 0 Å². The van der Waals surface area contributed by atoms with Crippen LogP contribution in [0.3, 0.4) is 0 Å². The number of ether oxygens (including phenoxy) is 1. The number of pyridine rings is 1. The summed E-state index contributed by atoms with van der Waals surface area (Å²) in [5, 5.41) is 0.545. The largest absolute Gasteiger partial charge is 0.481 e. The number of hydrazine groups is 1. The van der Waals surface area contributed by atoms with Crippen molar-refractivity contribution in [3.63, 3.8) is 0 Å². The van der Waals surface area contributed by atoms with Gasteiger partial charge in [-0.15, -0.1) is 0 Å². The Morgan fingerprint density at radius 2 is 1.83 bits per heavy atom. The van der Waals surface area contributed by atoms with Crippen LogP contribution >= 0.6 is 27.7 Å². The number of halogens is 1. The Morgan fingerprint density at radius 1 is 1.03 bits per heavy atom. The average Bonchev–Trinajstić information content (AvgIpc) is 2.73. The molecule has 3 rings (SSSR count). The Balaban J connectivity index is 1.59. The van der Waals surface area contributed by atoms with Crippen molar-refractivity contribution in [3.05, 3.63) is 83.0 Å². The predicted octanol–water partition coefficient (Wildman–Crippen LogP) is 4.22. The van der Waals surface area contributed by atoms with Gasteiger partial charge in [-0.05, 0) is 49.4 Å². The van der Waals surface area contributed by atoms with Crippen molar-refractivity contribution in [3.8, 4) is 5.75 Å². The fourth-order valence-corrected chi connectivity index (χ4v) is 3.61. The van der Waals surface area contributed by atoms with Gasteiger partial charge in [0.1, 0.15) is 10.8 Å². The van der Waals surface area contributed by atoms with Gasteiger partial charge in [-0.2, -0.15) is 0 Å². The molecule has 2 aromatic carbocycles. The zero-order valence-corrected chi connectivity index (χ0v) is 17.9. The minimum absolute atomic E-state index is 0.363. The second kappa shape index (κ2) is 10.1. The molecular formula is C21H18BrN3O3S. The van der Waals surface area contributed by atoms with Crippen molar-refractivity contribution >= 4 is 39.5 Å². The third-order valence-corrected chi connectivity index (χ3v) is 5.27. The fourth-order valence-electron chi connectivity index (χ4n) is 2.33. The van der Waals surface area contributed by atoms with Crippen molar-refractivity contribution in [2.75, 3.05) is 0 Å². The Hall–Kier alpha value is -2.84. The molecule has 1 atom stereocenters. The Morgan fingerprint density at radius 3 is 2.59 bits per heavy atom. The monoisotopic (exact) mass is 471 g/mol. The first kappa shape index (κ1) is 20.9. The van der Waals surface area contributed by atoms with Crippen LogP contribution in [0.4, 0.5) is 0 Å². The molecule has 0 saturated heterocycles. The first-order valence-electron chi connectivity index (χ1n) is 8.73. The molecule has 148 valence electrons.